The third kappa shape index (κ3) is 6.79. The molecule has 1 aromatic heterocycles. The van der Waals surface area contributed by atoms with E-state index in [1.807, 2.05) is 6.92 Å². The molecule has 9 nitrogen and oxygen atoms in total. The van der Waals surface area contributed by atoms with E-state index in [4.69, 9.17) is 15.1 Å². The highest BCUT2D eigenvalue weighted by molar-refractivity contribution is 8.02. The molecule has 3 N–H and O–H groups in total. The van der Waals surface area contributed by atoms with Crippen molar-refractivity contribution in [1.29, 1.82) is 5.41 Å². The van der Waals surface area contributed by atoms with Crippen LogP contribution in [0, 0.1) is 16.7 Å². The molecule has 0 unspecified atom stereocenters. The second kappa shape index (κ2) is 11.8. The Hall–Kier alpha value is -2.89. The summed E-state index contributed by atoms with van der Waals surface area (Å²) in [7, 11) is 1.78. The van der Waals surface area contributed by atoms with Crippen molar-refractivity contribution in [1.82, 2.24) is 15.0 Å². The van der Waals surface area contributed by atoms with Gasteiger partial charge >= 0.3 is 0 Å². The van der Waals surface area contributed by atoms with Crippen LogP contribution in [0.2, 0.25) is 0 Å². The highest BCUT2D eigenvalue weighted by Crippen LogP contribution is 2.59. The molecule has 1 aliphatic carbocycles. The number of ether oxygens (including phenoxy) is 1. The monoisotopic (exact) mass is 591 g/mol. The quantitative estimate of drug-likeness (QED) is 0.216. The molecule has 41 heavy (non-hydrogen) atoms. The standard InChI is InChI=1S/C29H43F2N7O2S/c1-18-16-27(4,5)37(17-18)25-21(26(39)36-41-24(19(2)32)20(3)33-7)8-9-22(34-25)38-14-10-23(35-38)40-15-13-29(11-12-29)28(6,30)31/h8-9,18,32-33H,10-17H2,1-7H3,(H,36,39)/b24-20+,32-19?/t18-/m0/s1. The summed E-state index contributed by atoms with van der Waals surface area (Å²) in [5.41, 5.74) is 0.464. The number of allylic oxidation sites excluding steroid dienone is 2. The summed E-state index contributed by atoms with van der Waals surface area (Å²) in [6.07, 6.45) is 2.89. The predicted molar refractivity (Wildman–Crippen MR) is 162 cm³/mol. The van der Waals surface area contributed by atoms with E-state index in [1.54, 1.807) is 31.1 Å². The van der Waals surface area contributed by atoms with Gasteiger partial charge < -0.3 is 20.4 Å². The fraction of sp³-hybridized carbons (Fsp3) is 0.655. The number of hydrogen-bond donors (Lipinski definition) is 3. The Morgan fingerprint density at radius 2 is 2.00 bits per heavy atom. The Morgan fingerprint density at radius 3 is 2.56 bits per heavy atom. The van der Waals surface area contributed by atoms with Crippen LogP contribution in [-0.2, 0) is 4.74 Å². The Labute approximate surface area is 246 Å². The van der Waals surface area contributed by atoms with E-state index < -0.39 is 11.3 Å². The van der Waals surface area contributed by atoms with Gasteiger partial charge in [0.15, 0.2) is 5.82 Å². The van der Waals surface area contributed by atoms with Crippen LogP contribution >= 0.6 is 11.9 Å². The first kappa shape index (κ1) is 31.1. The number of anilines is 2. The third-order valence-electron chi connectivity index (χ3n) is 8.40. The van der Waals surface area contributed by atoms with Crippen molar-refractivity contribution in [2.45, 2.75) is 85.1 Å². The van der Waals surface area contributed by atoms with Crippen molar-refractivity contribution in [2.75, 3.05) is 36.7 Å². The van der Waals surface area contributed by atoms with E-state index in [0.29, 0.717) is 71.9 Å². The fourth-order valence-electron chi connectivity index (χ4n) is 5.75. The van der Waals surface area contributed by atoms with Crippen molar-refractivity contribution in [2.24, 2.45) is 16.4 Å². The van der Waals surface area contributed by atoms with Crippen molar-refractivity contribution in [3.05, 3.63) is 28.3 Å². The second-order valence-corrected chi connectivity index (χ2v) is 13.1. The van der Waals surface area contributed by atoms with E-state index in [0.717, 1.165) is 37.5 Å². The molecule has 226 valence electrons. The summed E-state index contributed by atoms with van der Waals surface area (Å²) < 4.78 is 36.5. The maximum atomic E-state index is 13.9. The van der Waals surface area contributed by atoms with E-state index >= 15 is 0 Å². The molecule has 1 saturated heterocycles. The Balaban J connectivity index is 1.54. The van der Waals surface area contributed by atoms with Gasteiger partial charge in [-0.25, -0.2) is 18.8 Å². The summed E-state index contributed by atoms with van der Waals surface area (Å²) in [4.78, 5) is 21.3. The lowest BCUT2D eigenvalue weighted by Gasteiger charge is -2.34. The normalized spacial score (nSPS) is 21.8. The zero-order valence-corrected chi connectivity index (χ0v) is 26.0. The van der Waals surface area contributed by atoms with Crippen LogP contribution in [0.15, 0.2) is 27.8 Å². The Bertz CT molecular complexity index is 1240. The van der Waals surface area contributed by atoms with E-state index in [2.05, 4.69) is 40.8 Å². The third-order valence-corrected chi connectivity index (χ3v) is 9.51. The minimum absolute atomic E-state index is 0.199. The van der Waals surface area contributed by atoms with Gasteiger partial charge in [-0.2, -0.15) is 0 Å². The summed E-state index contributed by atoms with van der Waals surface area (Å²) in [5.74, 6) is -0.864. The fourth-order valence-corrected chi connectivity index (χ4v) is 6.46. The SMILES string of the molecule is CN/C(C)=C(/SNC(=O)c1ccc(N2CCC(OCCC3(C(C)(F)F)CC3)=N2)nc1N1C[C@@H](C)CC1(C)C)C(C)=N. The molecule has 2 aliphatic heterocycles. The number of hydrazone groups is 1. The average Bonchev–Trinajstić information content (AvgIpc) is 3.46. The maximum absolute atomic E-state index is 13.9. The Kier molecular flexibility index (Phi) is 8.92. The number of pyridine rings is 1. The minimum Gasteiger partial charge on any atom is -0.480 e. The number of nitrogens with zero attached hydrogens (tertiary/aromatic N) is 4. The zero-order chi connectivity index (χ0) is 30.2. The molecule has 0 aromatic carbocycles. The molecule has 0 bridgehead atoms. The molecular formula is C29H43F2N7O2S. The molecule has 0 radical (unpaired) electrons. The maximum Gasteiger partial charge on any atom is 0.265 e. The topological polar surface area (TPSA) is 106 Å². The van der Waals surface area contributed by atoms with Gasteiger partial charge in [0.1, 0.15) is 5.82 Å². The first-order chi connectivity index (χ1) is 19.2. The smallest absolute Gasteiger partial charge is 0.265 e. The van der Waals surface area contributed by atoms with Gasteiger partial charge in [-0.15, -0.1) is 5.10 Å². The average molecular weight is 592 g/mol. The number of amides is 1. The molecule has 4 rings (SSSR count). The predicted octanol–water partition coefficient (Wildman–Crippen LogP) is 5.94. The van der Waals surface area contributed by atoms with Crippen LogP contribution < -0.4 is 19.9 Å². The molecule has 12 heteroatoms. The number of alkyl halides is 2. The first-order valence-corrected chi connectivity index (χ1v) is 15.0. The summed E-state index contributed by atoms with van der Waals surface area (Å²) in [5, 5.41) is 17.4. The van der Waals surface area contributed by atoms with Crippen molar-refractivity contribution in [3.63, 3.8) is 0 Å². The van der Waals surface area contributed by atoms with E-state index in [9.17, 15) is 13.6 Å². The van der Waals surface area contributed by atoms with Crippen LogP contribution in [0.4, 0.5) is 20.4 Å². The molecule has 1 atom stereocenters. The van der Waals surface area contributed by atoms with Crippen LogP contribution in [0.5, 0.6) is 0 Å². The molecule has 0 spiro atoms. The van der Waals surface area contributed by atoms with Crippen LogP contribution in [0.1, 0.15) is 84.0 Å². The zero-order valence-electron chi connectivity index (χ0n) is 25.2. The number of rotatable bonds is 11. The van der Waals surface area contributed by atoms with Crippen LogP contribution in [-0.4, -0.2) is 60.7 Å². The van der Waals surface area contributed by atoms with Crippen molar-refractivity contribution < 1.29 is 18.3 Å². The van der Waals surface area contributed by atoms with Gasteiger partial charge in [-0.3, -0.25) is 9.52 Å². The number of carbonyl (C=O) groups excluding carboxylic acids is 1. The van der Waals surface area contributed by atoms with Gasteiger partial charge in [0.25, 0.3) is 11.8 Å². The molecule has 1 amide bonds. The Morgan fingerprint density at radius 1 is 1.29 bits per heavy atom. The number of carbonyl (C=O) groups is 1. The van der Waals surface area contributed by atoms with E-state index in [-0.39, 0.29) is 18.1 Å². The summed E-state index contributed by atoms with van der Waals surface area (Å²) in [6.45, 7) is 12.6. The van der Waals surface area contributed by atoms with Crippen molar-refractivity contribution >= 4 is 41.1 Å². The van der Waals surface area contributed by atoms with Gasteiger partial charge in [-0.05, 0) is 90.3 Å². The molecule has 3 heterocycles. The molecular weight excluding hydrogens is 548 g/mol. The van der Waals surface area contributed by atoms with Gasteiger partial charge in [0, 0.05) is 42.4 Å². The summed E-state index contributed by atoms with van der Waals surface area (Å²) >= 11 is 1.11. The molecule has 1 saturated carbocycles. The highest BCUT2D eigenvalue weighted by atomic mass is 32.2. The molecule has 3 aliphatic rings. The highest BCUT2D eigenvalue weighted by Gasteiger charge is 2.58. The lowest BCUT2D eigenvalue weighted by Crippen LogP contribution is -2.40. The largest absolute Gasteiger partial charge is 0.480 e. The van der Waals surface area contributed by atoms with E-state index in [1.165, 1.54) is 0 Å². The van der Waals surface area contributed by atoms with Gasteiger partial charge in [-0.1, -0.05) is 6.92 Å². The van der Waals surface area contributed by atoms with Gasteiger partial charge in [0.2, 0.25) is 5.90 Å². The molecule has 2 fully saturated rings. The number of nitrogens with one attached hydrogen (secondary N) is 3. The van der Waals surface area contributed by atoms with Crippen LogP contribution in [0.25, 0.3) is 0 Å². The number of aromatic nitrogens is 1. The number of halogens is 2. The lowest BCUT2D eigenvalue weighted by molar-refractivity contribution is -0.0622. The number of hydrogen-bond acceptors (Lipinski definition) is 9. The van der Waals surface area contributed by atoms with Gasteiger partial charge in [0.05, 0.1) is 23.6 Å². The molecule has 1 aromatic rings. The lowest BCUT2D eigenvalue weighted by atomic mass is 9.96. The summed E-state index contributed by atoms with van der Waals surface area (Å²) in [6, 6.07) is 3.54. The van der Waals surface area contributed by atoms with Crippen LogP contribution in [0.3, 0.4) is 0 Å². The van der Waals surface area contributed by atoms with Crippen molar-refractivity contribution in [3.8, 4) is 0 Å². The minimum atomic E-state index is -2.70. The second-order valence-electron chi connectivity index (χ2n) is 12.3. The first-order valence-electron chi connectivity index (χ1n) is 14.2.